The monoisotopic (exact) mass is 520 g/mol. The van der Waals surface area contributed by atoms with Gasteiger partial charge in [-0.2, -0.15) is 0 Å². The van der Waals surface area contributed by atoms with Crippen molar-refractivity contribution < 1.29 is 28.7 Å². The molecule has 38 heavy (non-hydrogen) atoms. The molecule has 0 bridgehead atoms. The Bertz CT molecular complexity index is 1520. The van der Waals surface area contributed by atoms with Gasteiger partial charge in [0.2, 0.25) is 5.91 Å². The minimum absolute atomic E-state index is 0.181. The third-order valence-electron chi connectivity index (χ3n) is 6.05. The number of fused-ring (bicyclic) bond motifs is 1. The van der Waals surface area contributed by atoms with E-state index in [1.54, 1.807) is 42.5 Å². The molecule has 4 rings (SSSR count). The molecule has 2 aromatic heterocycles. The second-order valence-electron chi connectivity index (χ2n) is 8.48. The van der Waals surface area contributed by atoms with Crippen molar-refractivity contribution in [1.29, 1.82) is 0 Å². The molecule has 2 heterocycles. The minimum Gasteiger partial charge on any atom is -0.506 e. The van der Waals surface area contributed by atoms with Crippen molar-refractivity contribution >= 4 is 22.8 Å². The summed E-state index contributed by atoms with van der Waals surface area (Å²) in [6.45, 7) is 1.99. The van der Waals surface area contributed by atoms with Gasteiger partial charge in [-0.1, -0.05) is 36.7 Å². The van der Waals surface area contributed by atoms with Crippen molar-refractivity contribution in [3.63, 3.8) is 0 Å². The number of H-pyrrole nitrogens is 1. The number of amides is 2. The fourth-order valence-electron chi connectivity index (χ4n) is 4.21. The molecule has 4 aromatic rings. The maximum Gasteiger partial charge on any atom is 0.279 e. The quantitative estimate of drug-likeness (QED) is 0.245. The summed E-state index contributed by atoms with van der Waals surface area (Å²) in [4.78, 5) is 41.2. The van der Waals surface area contributed by atoms with Gasteiger partial charge in [-0.05, 0) is 37.1 Å². The van der Waals surface area contributed by atoms with Gasteiger partial charge in [0, 0.05) is 11.1 Å². The first-order chi connectivity index (χ1) is 18.4. The van der Waals surface area contributed by atoms with E-state index in [0.717, 1.165) is 12.8 Å². The number of ether oxygens (including phenoxy) is 2. The third-order valence-corrected chi connectivity index (χ3v) is 6.05. The minimum atomic E-state index is -1.00. The number of nitrogens with one attached hydrogen (secondary N) is 3. The molecule has 2 aromatic carbocycles. The zero-order valence-electron chi connectivity index (χ0n) is 21.2. The topological polar surface area (TPSA) is 156 Å². The summed E-state index contributed by atoms with van der Waals surface area (Å²) in [6.07, 6.45) is 1.80. The van der Waals surface area contributed by atoms with Gasteiger partial charge in [0.15, 0.2) is 5.58 Å². The predicted octanol–water partition coefficient (Wildman–Crippen LogP) is 3.25. The summed E-state index contributed by atoms with van der Waals surface area (Å²) < 4.78 is 16.2. The number of unbranched alkanes of at least 4 members (excludes halogenated alkanes) is 1. The van der Waals surface area contributed by atoms with Crippen molar-refractivity contribution in [1.82, 2.24) is 21.0 Å². The molecule has 0 fully saturated rings. The second kappa shape index (κ2) is 11.5. The number of rotatable bonds is 9. The molecule has 0 atom stereocenters. The van der Waals surface area contributed by atoms with E-state index in [1.165, 1.54) is 14.2 Å². The van der Waals surface area contributed by atoms with Crippen LogP contribution in [0, 0.1) is 0 Å². The van der Waals surface area contributed by atoms with Crippen molar-refractivity contribution in [2.45, 2.75) is 32.6 Å². The lowest BCUT2D eigenvalue weighted by molar-refractivity contribution is -0.121. The molecule has 0 saturated carbocycles. The molecule has 4 N–H and O–H groups in total. The van der Waals surface area contributed by atoms with Gasteiger partial charge in [-0.25, -0.2) is 0 Å². The number of carbonyl (C=O) groups excluding carboxylic acids is 2. The van der Waals surface area contributed by atoms with Crippen LogP contribution in [0.2, 0.25) is 0 Å². The number of hydrazine groups is 1. The number of aromatic nitrogens is 2. The molecule has 0 aliphatic heterocycles. The van der Waals surface area contributed by atoms with Gasteiger partial charge in [0.05, 0.1) is 31.8 Å². The maximum absolute atomic E-state index is 13.0. The van der Waals surface area contributed by atoms with Gasteiger partial charge in [0.1, 0.15) is 28.5 Å². The first-order valence-corrected chi connectivity index (χ1v) is 12.0. The number of methoxy groups -OCH3 is 2. The Morgan fingerprint density at radius 2 is 1.74 bits per heavy atom. The summed E-state index contributed by atoms with van der Waals surface area (Å²) in [5.41, 5.74) is 5.01. The molecule has 2 amide bonds. The van der Waals surface area contributed by atoms with Gasteiger partial charge in [-0.15, -0.1) is 0 Å². The van der Waals surface area contributed by atoms with Crippen LogP contribution in [-0.2, 0) is 17.6 Å². The molecule has 0 radical (unpaired) electrons. The zero-order valence-corrected chi connectivity index (χ0v) is 21.2. The van der Waals surface area contributed by atoms with E-state index in [1.807, 2.05) is 6.92 Å². The zero-order chi connectivity index (χ0) is 27.2. The number of aryl methyl sites for hydroxylation is 1. The van der Waals surface area contributed by atoms with Gasteiger partial charge >= 0.3 is 0 Å². The first-order valence-electron chi connectivity index (χ1n) is 12.0. The molecule has 11 nitrogen and oxygen atoms in total. The summed E-state index contributed by atoms with van der Waals surface area (Å²) in [6, 6.07) is 12.1. The van der Waals surface area contributed by atoms with E-state index in [2.05, 4.69) is 21.0 Å². The average Bonchev–Trinajstić information content (AvgIpc) is 3.32. The van der Waals surface area contributed by atoms with E-state index in [-0.39, 0.29) is 12.0 Å². The summed E-state index contributed by atoms with van der Waals surface area (Å²) >= 11 is 0. The van der Waals surface area contributed by atoms with Crippen molar-refractivity contribution in [2.24, 2.45) is 0 Å². The third kappa shape index (κ3) is 5.17. The normalized spacial score (nSPS) is 10.8. The van der Waals surface area contributed by atoms with Crippen LogP contribution >= 0.6 is 0 Å². The average molecular weight is 521 g/mol. The molecular weight excluding hydrogens is 492 g/mol. The molecule has 0 aliphatic carbocycles. The molecule has 0 spiro atoms. The Morgan fingerprint density at radius 3 is 2.42 bits per heavy atom. The Labute approximate surface area is 217 Å². The van der Waals surface area contributed by atoms with Crippen LogP contribution in [0.4, 0.5) is 0 Å². The van der Waals surface area contributed by atoms with Crippen molar-refractivity contribution in [3.05, 3.63) is 69.8 Å². The SMILES string of the molecule is CCCCc1[nH]c(=O)c(C(=O)NNC(=O)Cc2noc3ccccc23)c(O)c1-c1c(OC)cccc1OC. The van der Waals surface area contributed by atoms with Gasteiger partial charge in [-0.3, -0.25) is 25.2 Å². The smallest absolute Gasteiger partial charge is 0.279 e. The Balaban J connectivity index is 1.65. The van der Waals surface area contributed by atoms with Crippen molar-refractivity contribution in [2.75, 3.05) is 14.2 Å². The van der Waals surface area contributed by atoms with Crippen LogP contribution in [0.25, 0.3) is 22.1 Å². The van der Waals surface area contributed by atoms with E-state index < -0.39 is 28.7 Å². The van der Waals surface area contributed by atoms with Crippen LogP contribution in [0.5, 0.6) is 17.2 Å². The van der Waals surface area contributed by atoms with Crippen LogP contribution in [0.1, 0.15) is 41.5 Å². The predicted molar refractivity (Wildman–Crippen MR) is 139 cm³/mol. The number of pyridine rings is 1. The Morgan fingerprint density at radius 1 is 1.03 bits per heavy atom. The number of aromatic amines is 1. The van der Waals surface area contributed by atoms with Crippen LogP contribution < -0.4 is 25.9 Å². The highest BCUT2D eigenvalue weighted by Crippen LogP contribution is 2.44. The van der Waals surface area contributed by atoms with E-state index in [4.69, 9.17) is 14.0 Å². The largest absolute Gasteiger partial charge is 0.506 e. The lowest BCUT2D eigenvalue weighted by Crippen LogP contribution is -2.44. The fraction of sp³-hybridized carbons (Fsp3) is 0.259. The summed E-state index contributed by atoms with van der Waals surface area (Å²) in [5, 5.41) is 15.8. The molecule has 11 heteroatoms. The van der Waals surface area contributed by atoms with Gasteiger partial charge < -0.3 is 24.1 Å². The maximum atomic E-state index is 13.0. The molecule has 198 valence electrons. The standard InChI is InChI=1S/C27H28N4O7/c1-4-5-10-16-22(23-19(36-2)12-8-13-20(23)37-3)25(33)24(26(34)28-16)27(35)30-29-21(32)14-17-15-9-6-7-11-18(15)38-31-17/h6-9,11-13H,4-5,10,14H2,1-3H3,(H,29,32)(H,30,35)(H2,28,33,34). The van der Waals surface area contributed by atoms with Gasteiger partial charge in [0.25, 0.3) is 11.5 Å². The lowest BCUT2D eigenvalue weighted by atomic mass is 9.95. The van der Waals surface area contributed by atoms with Crippen LogP contribution in [0.3, 0.4) is 0 Å². The van der Waals surface area contributed by atoms with E-state index in [0.29, 0.717) is 45.8 Å². The molecule has 0 unspecified atom stereocenters. The first kappa shape index (κ1) is 26.3. The Hall–Kier alpha value is -4.80. The molecule has 0 aliphatic rings. The Kier molecular flexibility index (Phi) is 7.95. The molecule has 0 saturated heterocycles. The summed E-state index contributed by atoms with van der Waals surface area (Å²) in [7, 11) is 2.93. The summed E-state index contributed by atoms with van der Waals surface area (Å²) in [5.74, 6) is -1.40. The number of aromatic hydroxyl groups is 1. The lowest BCUT2D eigenvalue weighted by Gasteiger charge is -2.19. The number of para-hydroxylation sites is 1. The fourth-order valence-corrected chi connectivity index (χ4v) is 4.21. The number of carbonyl (C=O) groups is 2. The van der Waals surface area contributed by atoms with Crippen LogP contribution in [0.15, 0.2) is 51.8 Å². The van der Waals surface area contributed by atoms with E-state index in [9.17, 15) is 19.5 Å². The van der Waals surface area contributed by atoms with Crippen molar-refractivity contribution in [3.8, 4) is 28.4 Å². The number of hydrogen-bond donors (Lipinski definition) is 4. The highest BCUT2D eigenvalue weighted by molar-refractivity contribution is 6.01. The highest BCUT2D eigenvalue weighted by atomic mass is 16.5. The highest BCUT2D eigenvalue weighted by Gasteiger charge is 2.27. The molecular formula is C27H28N4O7. The van der Waals surface area contributed by atoms with E-state index >= 15 is 0 Å². The second-order valence-corrected chi connectivity index (χ2v) is 8.48. The number of nitrogens with zero attached hydrogens (tertiary/aromatic N) is 1. The number of benzene rings is 2. The number of hydrogen-bond acceptors (Lipinski definition) is 8. The van der Waals surface area contributed by atoms with Crippen LogP contribution in [-0.4, -0.2) is 41.3 Å².